The first-order chi connectivity index (χ1) is 14.0. The highest BCUT2D eigenvalue weighted by atomic mass is 16.6. The van der Waals surface area contributed by atoms with Crippen LogP contribution < -0.4 is 14.9 Å². The number of carbonyl (C=O) groups excluding carboxylic acids is 2. The van der Waals surface area contributed by atoms with Crippen LogP contribution in [-0.4, -0.2) is 45.4 Å². The van der Waals surface area contributed by atoms with Crippen LogP contribution in [0.5, 0.6) is 11.5 Å². The van der Waals surface area contributed by atoms with E-state index in [1.165, 1.54) is 25.0 Å². The van der Waals surface area contributed by atoms with Crippen LogP contribution in [0, 0.1) is 0 Å². The third kappa shape index (κ3) is 5.45. The number of aromatic nitrogens is 4. The monoisotopic (exact) mass is 394 g/mol. The van der Waals surface area contributed by atoms with Gasteiger partial charge in [0.25, 0.3) is 5.91 Å². The van der Waals surface area contributed by atoms with Crippen molar-refractivity contribution >= 4 is 18.1 Å². The lowest BCUT2D eigenvalue weighted by molar-refractivity contribution is -0.132. The molecule has 0 atom stereocenters. The molecule has 0 aliphatic carbocycles. The summed E-state index contributed by atoms with van der Waals surface area (Å²) in [6, 6.07) is 14.2. The van der Waals surface area contributed by atoms with Crippen LogP contribution in [0.4, 0.5) is 0 Å². The van der Waals surface area contributed by atoms with Gasteiger partial charge in [-0.25, -0.2) is 5.43 Å². The van der Waals surface area contributed by atoms with Crippen LogP contribution in [0.1, 0.15) is 12.5 Å². The van der Waals surface area contributed by atoms with E-state index in [2.05, 4.69) is 25.9 Å². The first kappa shape index (κ1) is 19.7. The summed E-state index contributed by atoms with van der Waals surface area (Å²) < 4.78 is 10.2. The number of carbonyl (C=O) groups is 2. The van der Waals surface area contributed by atoms with Gasteiger partial charge in [-0.1, -0.05) is 30.3 Å². The standard InChI is InChI=1S/C19H18N6O4/c1-13(26)29-16-9-8-14(10-17(16)28-2)11-20-21-18(27)12-25-23-19(22-24-25)15-6-4-3-5-7-15/h3-11H,12H2,1-2H3,(H,21,27). The zero-order chi connectivity index (χ0) is 20.6. The molecule has 0 aliphatic rings. The van der Waals surface area contributed by atoms with Crippen LogP contribution in [0.2, 0.25) is 0 Å². The average molecular weight is 394 g/mol. The SMILES string of the molecule is COc1cc(C=NNC(=O)Cn2nnc(-c3ccccc3)n2)ccc1OC(C)=O. The van der Waals surface area contributed by atoms with E-state index in [1.54, 1.807) is 18.2 Å². The molecule has 1 heterocycles. The molecule has 0 spiro atoms. The maximum atomic E-state index is 12.0. The Morgan fingerprint density at radius 3 is 2.69 bits per heavy atom. The number of hydrogen-bond acceptors (Lipinski definition) is 8. The first-order valence-electron chi connectivity index (χ1n) is 8.57. The number of tetrazole rings is 1. The Balaban J connectivity index is 1.57. The third-order valence-electron chi connectivity index (χ3n) is 3.61. The van der Waals surface area contributed by atoms with Crippen molar-refractivity contribution < 1.29 is 19.1 Å². The molecule has 10 nitrogen and oxygen atoms in total. The van der Waals surface area contributed by atoms with E-state index in [1.807, 2.05) is 30.3 Å². The lowest BCUT2D eigenvalue weighted by Crippen LogP contribution is -2.24. The van der Waals surface area contributed by atoms with Gasteiger partial charge >= 0.3 is 5.97 Å². The number of hydrogen-bond donors (Lipinski definition) is 1. The molecule has 0 fully saturated rings. The van der Waals surface area contributed by atoms with Crippen molar-refractivity contribution in [1.82, 2.24) is 25.6 Å². The number of benzene rings is 2. The molecule has 10 heteroatoms. The van der Waals surface area contributed by atoms with Crippen molar-refractivity contribution in [2.75, 3.05) is 7.11 Å². The normalized spacial score (nSPS) is 10.7. The zero-order valence-corrected chi connectivity index (χ0v) is 15.8. The summed E-state index contributed by atoms with van der Waals surface area (Å²) in [7, 11) is 1.46. The summed E-state index contributed by atoms with van der Waals surface area (Å²) in [4.78, 5) is 24.3. The van der Waals surface area contributed by atoms with Crippen LogP contribution in [0.25, 0.3) is 11.4 Å². The van der Waals surface area contributed by atoms with Gasteiger partial charge in [-0.3, -0.25) is 9.59 Å². The fraction of sp³-hybridized carbons (Fsp3) is 0.158. The summed E-state index contributed by atoms with van der Waals surface area (Å²) in [6.07, 6.45) is 1.43. The number of methoxy groups -OCH3 is 1. The highest BCUT2D eigenvalue weighted by molar-refractivity contribution is 5.83. The van der Waals surface area contributed by atoms with Gasteiger partial charge in [-0.2, -0.15) is 9.90 Å². The Kier molecular flexibility index (Phi) is 6.25. The van der Waals surface area contributed by atoms with Crippen LogP contribution in [0.3, 0.4) is 0 Å². The molecule has 0 saturated carbocycles. The minimum atomic E-state index is -0.450. The van der Waals surface area contributed by atoms with Gasteiger partial charge < -0.3 is 9.47 Å². The largest absolute Gasteiger partial charge is 0.493 e. The minimum Gasteiger partial charge on any atom is -0.493 e. The van der Waals surface area contributed by atoms with Gasteiger partial charge in [0.2, 0.25) is 5.82 Å². The van der Waals surface area contributed by atoms with Gasteiger partial charge in [0.15, 0.2) is 11.5 Å². The van der Waals surface area contributed by atoms with Gasteiger partial charge in [0, 0.05) is 12.5 Å². The predicted octanol–water partition coefficient (Wildman–Crippen LogP) is 1.42. The highest BCUT2D eigenvalue weighted by Crippen LogP contribution is 2.27. The summed E-state index contributed by atoms with van der Waals surface area (Å²) in [5, 5.41) is 15.8. The molecule has 0 aliphatic heterocycles. The van der Waals surface area contributed by atoms with Crippen molar-refractivity contribution in [3.8, 4) is 22.9 Å². The molecule has 0 unspecified atom stereocenters. The molecular formula is C19H18N6O4. The average Bonchev–Trinajstić information content (AvgIpc) is 3.17. The number of ether oxygens (including phenoxy) is 2. The van der Waals surface area contributed by atoms with Crippen LogP contribution >= 0.6 is 0 Å². The van der Waals surface area contributed by atoms with Crippen molar-refractivity contribution in [3.05, 3.63) is 54.1 Å². The number of rotatable bonds is 7. The Bertz CT molecular complexity index is 1030. The molecule has 148 valence electrons. The maximum absolute atomic E-state index is 12.0. The topological polar surface area (TPSA) is 121 Å². The fourth-order valence-electron chi connectivity index (χ4n) is 2.36. The summed E-state index contributed by atoms with van der Waals surface area (Å²) in [5.74, 6) is 0.237. The van der Waals surface area contributed by atoms with Crippen molar-refractivity contribution in [3.63, 3.8) is 0 Å². The molecule has 1 aromatic heterocycles. The molecule has 3 aromatic rings. The van der Waals surface area contributed by atoms with E-state index < -0.39 is 11.9 Å². The van der Waals surface area contributed by atoms with E-state index in [0.717, 1.165) is 5.56 Å². The molecule has 0 saturated heterocycles. The van der Waals surface area contributed by atoms with Crippen molar-refractivity contribution in [1.29, 1.82) is 0 Å². The maximum Gasteiger partial charge on any atom is 0.308 e. The van der Waals surface area contributed by atoms with Gasteiger partial charge in [0.05, 0.1) is 13.3 Å². The van der Waals surface area contributed by atoms with Crippen LogP contribution in [-0.2, 0) is 16.1 Å². The predicted molar refractivity (Wildman–Crippen MR) is 103 cm³/mol. The van der Waals surface area contributed by atoms with Gasteiger partial charge in [-0.05, 0) is 29.0 Å². The minimum absolute atomic E-state index is 0.133. The molecule has 1 N–H and O–H groups in total. The molecule has 3 rings (SSSR count). The quantitative estimate of drug-likeness (QED) is 0.278. The lowest BCUT2D eigenvalue weighted by Gasteiger charge is -2.08. The van der Waals surface area contributed by atoms with Crippen molar-refractivity contribution in [2.45, 2.75) is 13.5 Å². The van der Waals surface area contributed by atoms with E-state index in [-0.39, 0.29) is 6.54 Å². The molecule has 0 radical (unpaired) electrons. The van der Waals surface area contributed by atoms with Crippen LogP contribution in [0.15, 0.2) is 53.6 Å². The summed E-state index contributed by atoms with van der Waals surface area (Å²) >= 11 is 0. The van der Waals surface area contributed by atoms with Crippen molar-refractivity contribution in [2.24, 2.45) is 5.10 Å². The number of nitrogens with zero attached hydrogens (tertiary/aromatic N) is 5. The number of nitrogens with one attached hydrogen (secondary N) is 1. The van der Waals surface area contributed by atoms with E-state index >= 15 is 0 Å². The second-order valence-corrected chi connectivity index (χ2v) is 5.81. The second kappa shape index (κ2) is 9.22. The molecule has 1 amide bonds. The third-order valence-corrected chi connectivity index (χ3v) is 3.61. The highest BCUT2D eigenvalue weighted by Gasteiger charge is 2.09. The lowest BCUT2D eigenvalue weighted by atomic mass is 10.2. The summed E-state index contributed by atoms with van der Waals surface area (Å²) in [6.45, 7) is 1.17. The fourth-order valence-corrected chi connectivity index (χ4v) is 2.36. The number of amides is 1. The van der Waals surface area contributed by atoms with E-state index in [0.29, 0.717) is 22.9 Å². The molecular weight excluding hydrogens is 376 g/mol. The molecule has 2 aromatic carbocycles. The Morgan fingerprint density at radius 2 is 1.97 bits per heavy atom. The Morgan fingerprint density at radius 1 is 1.17 bits per heavy atom. The van der Waals surface area contributed by atoms with E-state index in [9.17, 15) is 9.59 Å². The molecule has 0 bridgehead atoms. The number of hydrazone groups is 1. The zero-order valence-electron chi connectivity index (χ0n) is 15.8. The van der Waals surface area contributed by atoms with E-state index in [4.69, 9.17) is 9.47 Å². The summed E-state index contributed by atoms with van der Waals surface area (Å²) in [5.41, 5.74) is 3.84. The van der Waals surface area contributed by atoms with Gasteiger partial charge in [-0.15, -0.1) is 10.2 Å². The molecule has 29 heavy (non-hydrogen) atoms. The number of esters is 1. The Labute approximate surface area is 166 Å². The Hall–Kier alpha value is -4.08. The second-order valence-electron chi connectivity index (χ2n) is 5.81. The smallest absolute Gasteiger partial charge is 0.308 e. The first-order valence-corrected chi connectivity index (χ1v) is 8.57. The van der Waals surface area contributed by atoms with Gasteiger partial charge in [0.1, 0.15) is 6.54 Å².